The van der Waals surface area contributed by atoms with Gasteiger partial charge in [0, 0.05) is 17.1 Å². The number of carboxylic acids is 1. The first-order chi connectivity index (χ1) is 7.69. The molecule has 1 aromatic heterocycles. The second kappa shape index (κ2) is 5.67. The van der Waals surface area contributed by atoms with Crippen molar-refractivity contribution < 1.29 is 14.7 Å². The number of aromatic amines is 1. The van der Waals surface area contributed by atoms with Gasteiger partial charge in [0.05, 0.1) is 12.1 Å². The Bertz CT molecular complexity index is 491. The van der Waals surface area contributed by atoms with Crippen LogP contribution in [-0.2, 0) is 4.79 Å². The van der Waals surface area contributed by atoms with E-state index in [9.17, 15) is 9.59 Å². The smallest absolute Gasteiger partial charge is 0.317 e. The van der Waals surface area contributed by atoms with Gasteiger partial charge in [0.25, 0.3) is 0 Å². The number of fused-ring (bicyclic) bond motifs is 1. The van der Waals surface area contributed by atoms with Crippen LogP contribution in [-0.4, -0.2) is 28.9 Å². The molecule has 1 heterocycles. The molecule has 0 spiro atoms. The van der Waals surface area contributed by atoms with E-state index >= 15 is 0 Å². The summed E-state index contributed by atoms with van der Waals surface area (Å²) in [4.78, 5) is 22.7. The van der Waals surface area contributed by atoms with Crippen LogP contribution in [0.5, 0.6) is 0 Å². The van der Waals surface area contributed by atoms with Crippen LogP contribution in [0.15, 0.2) is 30.5 Å². The summed E-state index contributed by atoms with van der Waals surface area (Å²) in [7, 11) is 0. The molecule has 2 rings (SSSR count). The molecule has 0 fully saturated rings. The summed E-state index contributed by atoms with van der Waals surface area (Å²) in [6.45, 7) is -0.278. The number of nitrogens with one attached hydrogen (secondary N) is 1. The third-order valence-corrected chi connectivity index (χ3v) is 1.92. The Balaban J connectivity index is 0.000000221. The van der Waals surface area contributed by atoms with Gasteiger partial charge in [-0.05, 0) is 12.1 Å². The van der Waals surface area contributed by atoms with Crippen LogP contribution in [0.25, 0.3) is 10.9 Å². The van der Waals surface area contributed by atoms with Gasteiger partial charge < -0.3 is 15.8 Å². The van der Waals surface area contributed by atoms with Gasteiger partial charge >= 0.3 is 5.97 Å². The van der Waals surface area contributed by atoms with Crippen LogP contribution in [0.4, 0.5) is 0 Å². The van der Waals surface area contributed by atoms with E-state index in [0.717, 1.165) is 17.2 Å². The average Bonchev–Trinajstić information content (AvgIpc) is 2.77. The van der Waals surface area contributed by atoms with E-state index in [0.29, 0.717) is 5.56 Å². The number of carboxylic acid groups (broad SMARTS) is 1. The van der Waals surface area contributed by atoms with Crippen molar-refractivity contribution in [3.05, 3.63) is 36.0 Å². The fourth-order valence-corrected chi connectivity index (χ4v) is 1.21. The van der Waals surface area contributed by atoms with Gasteiger partial charge in [-0.15, -0.1) is 0 Å². The first-order valence-electron chi connectivity index (χ1n) is 4.62. The van der Waals surface area contributed by atoms with Crippen LogP contribution in [0.1, 0.15) is 10.4 Å². The molecule has 0 bridgehead atoms. The molecule has 16 heavy (non-hydrogen) atoms. The molecule has 0 unspecified atom stereocenters. The molecular weight excluding hydrogens is 208 g/mol. The molecule has 84 valence electrons. The van der Waals surface area contributed by atoms with Crippen molar-refractivity contribution in [1.82, 2.24) is 4.98 Å². The minimum Gasteiger partial charge on any atom is -0.480 e. The fraction of sp³-hybridized carbons (Fsp3) is 0.0909. The van der Waals surface area contributed by atoms with Crippen molar-refractivity contribution >= 4 is 23.2 Å². The number of aliphatic carboxylic acids is 1. The van der Waals surface area contributed by atoms with Gasteiger partial charge in [0.1, 0.15) is 0 Å². The highest BCUT2D eigenvalue weighted by Crippen LogP contribution is 2.14. The van der Waals surface area contributed by atoms with E-state index in [1.54, 1.807) is 6.07 Å². The minimum atomic E-state index is -0.968. The number of aromatic nitrogens is 1. The van der Waals surface area contributed by atoms with Crippen LogP contribution >= 0.6 is 0 Å². The van der Waals surface area contributed by atoms with Crippen molar-refractivity contribution in [2.24, 2.45) is 5.73 Å². The molecule has 0 aliphatic carbocycles. The van der Waals surface area contributed by atoms with Crippen molar-refractivity contribution in [3.8, 4) is 0 Å². The van der Waals surface area contributed by atoms with Gasteiger partial charge in [0.15, 0.2) is 6.29 Å². The highest BCUT2D eigenvalue weighted by Gasteiger charge is 1.97. The van der Waals surface area contributed by atoms with Crippen LogP contribution in [0.2, 0.25) is 0 Å². The lowest BCUT2D eigenvalue weighted by atomic mass is 10.2. The zero-order valence-corrected chi connectivity index (χ0v) is 8.51. The molecule has 0 aliphatic rings. The van der Waals surface area contributed by atoms with E-state index in [1.165, 1.54) is 0 Å². The SMILES string of the molecule is NCC(=O)O.O=Cc1cccc2cc[nH]c12. The number of nitrogens with two attached hydrogens (primary N) is 1. The monoisotopic (exact) mass is 220 g/mol. The number of para-hydroxylation sites is 1. The summed E-state index contributed by atoms with van der Waals surface area (Å²) in [5, 5.41) is 8.68. The molecule has 0 saturated heterocycles. The lowest BCUT2D eigenvalue weighted by molar-refractivity contribution is -0.135. The maximum absolute atomic E-state index is 10.5. The van der Waals surface area contributed by atoms with Crippen LogP contribution in [0.3, 0.4) is 0 Å². The van der Waals surface area contributed by atoms with Gasteiger partial charge in [-0.1, -0.05) is 12.1 Å². The summed E-state index contributed by atoms with van der Waals surface area (Å²) in [5.74, 6) is -0.968. The van der Waals surface area contributed by atoms with Gasteiger partial charge in [-0.3, -0.25) is 9.59 Å². The predicted octanol–water partition coefficient (Wildman–Crippen LogP) is 1.01. The normalized spacial score (nSPS) is 9.31. The summed E-state index contributed by atoms with van der Waals surface area (Å²) in [5.41, 5.74) is 6.21. The number of H-pyrrole nitrogens is 1. The quantitative estimate of drug-likeness (QED) is 0.658. The molecule has 0 atom stereocenters. The van der Waals surface area contributed by atoms with E-state index in [1.807, 2.05) is 24.4 Å². The van der Waals surface area contributed by atoms with Crippen molar-refractivity contribution in [1.29, 1.82) is 0 Å². The first kappa shape index (κ1) is 11.9. The number of rotatable bonds is 2. The van der Waals surface area contributed by atoms with Crippen LogP contribution in [0, 0.1) is 0 Å². The number of hydrogen-bond acceptors (Lipinski definition) is 3. The highest BCUT2D eigenvalue weighted by molar-refractivity contribution is 5.95. The number of hydrogen-bond donors (Lipinski definition) is 3. The molecule has 5 nitrogen and oxygen atoms in total. The topological polar surface area (TPSA) is 96.2 Å². The van der Waals surface area contributed by atoms with E-state index < -0.39 is 5.97 Å². The Morgan fingerprint density at radius 1 is 1.44 bits per heavy atom. The van der Waals surface area contributed by atoms with Crippen molar-refractivity contribution in [2.75, 3.05) is 6.54 Å². The lowest BCUT2D eigenvalue weighted by Gasteiger charge is -1.91. The molecular formula is C11H12N2O3. The maximum Gasteiger partial charge on any atom is 0.317 e. The summed E-state index contributed by atoms with van der Waals surface area (Å²) < 4.78 is 0. The molecule has 0 radical (unpaired) electrons. The standard InChI is InChI=1S/C9H7NO.C2H5NO2/c11-6-8-3-1-2-7-4-5-10-9(7)8;3-1-2(4)5/h1-6,10H;1,3H2,(H,4,5). The molecule has 4 N–H and O–H groups in total. The zero-order valence-electron chi connectivity index (χ0n) is 8.51. The molecule has 1 aromatic carbocycles. The van der Waals surface area contributed by atoms with Crippen molar-refractivity contribution in [2.45, 2.75) is 0 Å². The molecule has 5 heteroatoms. The molecule has 0 saturated carbocycles. The number of aldehydes is 1. The van der Waals surface area contributed by atoms with Gasteiger partial charge in [-0.2, -0.15) is 0 Å². The number of carbonyl (C=O) groups excluding carboxylic acids is 1. The Morgan fingerprint density at radius 2 is 2.12 bits per heavy atom. The lowest BCUT2D eigenvalue weighted by Crippen LogP contribution is -2.10. The largest absolute Gasteiger partial charge is 0.480 e. The Hall–Kier alpha value is -2.14. The van der Waals surface area contributed by atoms with Gasteiger partial charge in [-0.25, -0.2) is 0 Å². The average molecular weight is 220 g/mol. The fourth-order valence-electron chi connectivity index (χ4n) is 1.21. The Kier molecular flexibility index (Phi) is 4.23. The first-order valence-corrected chi connectivity index (χ1v) is 4.62. The number of carbonyl (C=O) groups is 2. The molecule has 0 amide bonds. The third kappa shape index (κ3) is 2.93. The van der Waals surface area contributed by atoms with E-state index in [4.69, 9.17) is 5.11 Å². The zero-order chi connectivity index (χ0) is 12.0. The van der Waals surface area contributed by atoms with Crippen LogP contribution < -0.4 is 5.73 Å². The third-order valence-electron chi connectivity index (χ3n) is 1.92. The second-order valence-electron chi connectivity index (χ2n) is 3.00. The Labute approximate surface area is 91.9 Å². The number of benzene rings is 1. The maximum atomic E-state index is 10.5. The summed E-state index contributed by atoms with van der Waals surface area (Å²) in [6.07, 6.45) is 2.69. The van der Waals surface area contributed by atoms with E-state index in [2.05, 4.69) is 10.7 Å². The Morgan fingerprint density at radius 3 is 2.69 bits per heavy atom. The minimum absolute atomic E-state index is 0.278. The van der Waals surface area contributed by atoms with E-state index in [-0.39, 0.29) is 6.54 Å². The summed E-state index contributed by atoms with van der Waals surface area (Å²) in [6, 6.07) is 7.59. The molecule has 0 aliphatic heterocycles. The highest BCUT2D eigenvalue weighted by atomic mass is 16.4. The van der Waals surface area contributed by atoms with Crippen molar-refractivity contribution in [3.63, 3.8) is 0 Å². The second-order valence-corrected chi connectivity index (χ2v) is 3.00. The predicted molar refractivity (Wildman–Crippen MR) is 60.4 cm³/mol. The van der Waals surface area contributed by atoms with Gasteiger partial charge in [0.2, 0.25) is 0 Å². The summed E-state index contributed by atoms with van der Waals surface area (Å²) >= 11 is 0. The molecule has 2 aromatic rings.